The Labute approximate surface area is 123 Å². The predicted octanol–water partition coefficient (Wildman–Crippen LogP) is 4.38. The molecule has 20 heavy (non-hydrogen) atoms. The molecule has 0 amide bonds. The van der Waals surface area contributed by atoms with Crippen LogP contribution in [0.1, 0.15) is 43.8 Å². The van der Waals surface area contributed by atoms with Gasteiger partial charge in [-0.05, 0) is 29.3 Å². The van der Waals surface area contributed by atoms with Gasteiger partial charge in [0.2, 0.25) is 0 Å². The summed E-state index contributed by atoms with van der Waals surface area (Å²) < 4.78 is 17.1. The van der Waals surface area contributed by atoms with Crippen LogP contribution < -0.4 is 0 Å². The van der Waals surface area contributed by atoms with Crippen molar-refractivity contribution in [3.8, 4) is 0 Å². The minimum absolute atomic E-state index is 0.208. The molecule has 3 nitrogen and oxygen atoms in total. The normalized spacial score (nSPS) is 19.2. The van der Waals surface area contributed by atoms with Crippen LogP contribution in [0, 0.1) is 0 Å². The lowest BCUT2D eigenvalue weighted by molar-refractivity contribution is -0.118. The van der Waals surface area contributed by atoms with E-state index in [1.807, 2.05) is 0 Å². The summed E-state index contributed by atoms with van der Waals surface area (Å²) in [6, 6.07) is 6.40. The Morgan fingerprint density at radius 1 is 1.30 bits per heavy atom. The molecule has 1 aromatic rings. The monoisotopic (exact) mass is 294 g/mol. The summed E-state index contributed by atoms with van der Waals surface area (Å²) in [5.74, 6) is 0. The molecule has 4 heteroatoms. The zero-order chi connectivity index (χ0) is 15.0. The van der Waals surface area contributed by atoms with Gasteiger partial charge in [0.05, 0.1) is 13.2 Å². The van der Waals surface area contributed by atoms with Gasteiger partial charge in [0, 0.05) is 12.7 Å². The molecule has 2 rings (SSSR count). The first-order valence-corrected chi connectivity index (χ1v) is 10.1. The zero-order valence-corrected chi connectivity index (χ0v) is 14.4. The van der Waals surface area contributed by atoms with Crippen molar-refractivity contribution in [3.05, 3.63) is 34.9 Å². The largest absolute Gasteiger partial charge is 0.413 e. The van der Waals surface area contributed by atoms with Crippen LogP contribution in [0.5, 0.6) is 0 Å². The second kappa shape index (κ2) is 5.60. The summed E-state index contributed by atoms with van der Waals surface area (Å²) in [5, 5.41) is 0.244. The first-order valence-electron chi connectivity index (χ1n) is 7.14. The lowest BCUT2D eigenvalue weighted by Crippen LogP contribution is -2.40. The highest BCUT2D eigenvalue weighted by Crippen LogP contribution is 2.37. The first-order chi connectivity index (χ1) is 9.24. The van der Waals surface area contributed by atoms with E-state index in [0.717, 1.165) is 5.56 Å². The highest BCUT2D eigenvalue weighted by Gasteiger charge is 2.37. The zero-order valence-electron chi connectivity index (χ0n) is 13.4. The van der Waals surface area contributed by atoms with E-state index in [1.165, 1.54) is 11.1 Å². The van der Waals surface area contributed by atoms with Gasteiger partial charge in [0.25, 0.3) is 0 Å². The van der Waals surface area contributed by atoms with Crippen LogP contribution in [0.15, 0.2) is 18.2 Å². The number of benzene rings is 1. The molecule has 0 radical (unpaired) electrons. The van der Waals surface area contributed by atoms with E-state index >= 15 is 0 Å². The molecular weight excluding hydrogens is 268 g/mol. The molecule has 0 bridgehead atoms. The number of hydrogen-bond acceptors (Lipinski definition) is 3. The van der Waals surface area contributed by atoms with Gasteiger partial charge in [-0.3, -0.25) is 0 Å². The number of methoxy groups -OCH3 is 1. The summed E-state index contributed by atoms with van der Waals surface area (Å²) >= 11 is 0. The Kier molecular flexibility index (Phi) is 4.40. The van der Waals surface area contributed by atoms with Crippen molar-refractivity contribution in [3.63, 3.8) is 0 Å². The average molecular weight is 294 g/mol. The topological polar surface area (TPSA) is 27.7 Å². The summed E-state index contributed by atoms with van der Waals surface area (Å²) in [6.45, 7) is 12.7. The Bertz CT molecular complexity index is 477. The molecule has 0 saturated carbocycles. The molecule has 1 unspecified atom stereocenters. The number of hydrogen-bond donors (Lipinski definition) is 0. The van der Waals surface area contributed by atoms with Gasteiger partial charge >= 0.3 is 0 Å². The van der Waals surface area contributed by atoms with Crippen molar-refractivity contribution in [2.24, 2.45) is 0 Å². The second-order valence-electron chi connectivity index (χ2n) is 6.96. The van der Waals surface area contributed by atoms with Gasteiger partial charge < -0.3 is 13.9 Å². The van der Waals surface area contributed by atoms with Crippen LogP contribution in [-0.4, -0.2) is 15.4 Å². The summed E-state index contributed by atoms with van der Waals surface area (Å²) in [4.78, 5) is 0. The first kappa shape index (κ1) is 15.7. The van der Waals surface area contributed by atoms with Gasteiger partial charge in [0.1, 0.15) is 0 Å². The van der Waals surface area contributed by atoms with E-state index in [2.05, 4.69) is 52.1 Å². The van der Waals surface area contributed by atoms with Crippen LogP contribution >= 0.6 is 0 Å². The SMILES string of the molecule is COC1OCc2cc(CO[Si](C)(C)C(C)(C)C)ccc21. The summed E-state index contributed by atoms with van der Waals surface area (Å²) in [6.07, 6.45) is -0.208. The second-order valence-corrected chi connectivity index (χ2v) is 11.8. The van der Waals surface area contributed by atoms with E-state index in [9.17, 15) is 0 Å². The molecule has 1 atom stereocenters. The Hall–Kier alpha value is -0.683. The van der Waals surface area contributed by atoms with Crippen LogP contribution in [0.3, 0.4) is 0 Å². The fourth-order valence-corrected chi connectivity index (χ4v) is 2.99. The van der Waals surface area contributed by atoms with Crippen molar-refractivity contribution >= 4 is 8.32 Å². The standard InChI is InChI=1S/C16H26O3Si/c1-16(2,3)20(5,6)19-10-12-7-8-14-13(9-12)11-18-15(14)17-4/h7-9,15H,10-11H2,1-6H3. The lowest BCUT2D eigenvalue weighted by Gasteiger charge is -2.36. The van der Waals surface area contributed by atoms with Crippen molar-refractivity contribution in [2.45, 2.75) is 58.4 Å². The van der Waals surface area contributed by atoms with Gasteiger partial charge in [-0.25, -0.2) is 0 Å². The molecule has 0 aliphatic carbocycles. The van der Waals surface area contributed by atoms with Crippen LogP contribution in [0.2, 0.25) is 18.1 Å². The molecule has 0 fully saturated rings. The van der Waals surface area contributed by atoms with Crippen LogP contribution in [0.4, 0.5) is 0 Å². The van der Waals surface area contributed by atoms with Crippen molar-refractivity contribution < 1.29 is 13.9 Å². The summed E-state index contributed by atoms with van der Waals surface area (Å²) in [7, 11) is -0.0147. The number of ether oxygens (including phenoxy) is 2. The van der Waals surface area contributed by atoms with E-state index < -0.39 is 8.32 Å². The summed E-state index contributed by atoms with van der Waals surface area (Å²) in [5.41, 5.74) is 3.57. The third-order valence-corrected chi connectivity index (χ3v) is 8.95. The van der Waals surface area contributed by atoms with Crippen LogP contribution in [-0.2, 0) is 27.1 Å². The van der Waals surface area contributed by atoms with Crippen molar-refractivity contribution in [1.82, 2.24) is 0 Å². The van der Waals surface area contributed by atoms with Gasteiger partial charge in [-0.1, -0.05) is 39.0 Å². The Morgan fingerprint density at radius 3 is 2.60 bits per heavy atom. The van der Waals surface area contributed by atoms with E-state index in [0.29, 0.717) is 13.2 Å². The van der Waals surface area contributed by atoms with Crippen molar-refractivity contribution in [2.75, 3.05) is 7.11 Å². The Balaban J connectivity index is 2.06. The molecule has 0 spiro atoms. The highest BCUT2D eigenvalue weighted by molar-refractivity contribution is 6.74. The molecule has 1 aliphatic rings. The average Bonchev–Trinajstić information content (AvgIpc) is 2.77. The number of rotatable bonds is 4. The quantitative estimate of drug-likeness (QED) is 0.771. The van der Waals surface area contributed by atoms with Crippen molar-refractivity contribution in [1.29, 1.82) is 0 Å². The van der Waals surface area contributed by atoms with E-state index in [-0.39, 0.29) is 11.3 Å². The van der Waals surface area contributed by atoms with Crippen LogP contribution in [0.25, 0.3) is 0 Å². The third kappa shape index (κ3) is 3.14. The maximum absolute atomic E-state index is 6.26. The maximum atomic E-state index is 6.26. The molecule has 0 aromatic heterocycles. The maximum Gasteiger partial charge on any atom is 0.192 e. The fourth-order valence-electron chi connectivity index (χ4n) is 2.03. The molecule has 112 valence electrons. The third-order valence-electron chi connectivity index (χ3n) is 4.47. The molecule has 1 aliphatic heterocycles. The molecule has 1 aromatic carbocycles. The number of fused-ring (bicyclic) bond motifs is 1. The van der Waals surface area contributed by atoms with E-state index in [1.54, 1.807) is 7.11 Å². The van der Waals surface area contributed by atoms with E-state index in [4.69, 9.17) is 13.9 Å². The van der Waals surface area contributed by atoms with Gasteiger partial charge in [-0.15, -0.1) is 0 Å². The lowest BCUT2D eigenvalue weighted by atomic mass is 10.1. The van der Waals surface area contributed by atoms with Gasteiger partial charge in [0.15, 0.2) is 14.6 Å². The smallest absolute Gasteiger partial charge is 0.192 e. The highest BCUT2D eigenvalue weighted by atomic mass is 28.4. The fraction of sp³-hybridized carbons (Fsp3) is 0.625. The van der Waals surface area contributed by atoms with Gasteiger partial charge in [-0.2, -0.15) is 0 Å². The predicted molar refractivity (Wildman–Crippen MR) is 83.0 cm³/mol. The minimum atomic E-state index is -1.69. The molecule has 0 N–H and O–H groups in total. The minimum Gasteiger partial charge on any atom is -0.413 e. The molecule has 1 heterocycles. The Morgan fingerprint density at radius 2 is 2.00 bits per heavy atom. The molecule has 0 saturated heterocycles. The molecular formula is C16H26O3Si.